The van der Waals surface area contributed by atoms with E-state index in [0.29, 0.717) is 23.9 Å². The van der Waals surface area contributed by atoms with Crippen molar-refractivity contribution in [1.82, 2.24) is 14.1 Å². The molecule has 1 aromatic carbocycles. The smallest absolute Gasteiger partial charge is 0.265 e. The van der Waals surface area contributed by atoms with Crippen molar-refractivity contribution in [1.29, 1.82) is 0 Å². The first-order valence-corrected chi connectivity index (χ1v) is 11.9. The maximum Gasteiger partial charge on any atom is 0.265 e. The molecule has 0 atom stereocenters. The first-order valence-electron chi connectivity index (χ1n) is 8.56. The van der Waals surface area contributed by atoms with Gasteiger partial charge >= 0.3 is 0 Å². The van der Waals surface area contributed by atoms with E-state index in [9.17, 15) is 16.8 Å². The zero-order chi connectivity index (χ0) is 21.4. The van der Waals surface area contributed by atoms with Crippen LogP contribution in [0.5, 0.6) is 0 Å². The lowest BCUT2D eigenvalue weighted by atomic mass is 10.2. The Balaban J connectivity index is 2.50. The molecule has 0 unspecified atom stereocenters. The highest BCUT2D eigenvalue weighted by Gasteiger charge is 2.27. The van der Waals surface area contributed by atoms with Crippen LogP contribution in [0.4, 0.5) is 5.69 Å². The third-order valence-corrected chi connectivity index (χ3v) is 7.84. The van der Waals surface area contributed by atoms with Gasteiger partial charge in [-0.2, -0.15) is 5.10 Å². The van der Waals surface area contributed by atoms with E-state index in [1.807, 2.05) is 13.8 Å². The zero-order valence-corrected chi connectivity index (χ0v) is 19.1. The van der Waals surface area contributed by atoms with Gasteiger partial charge < -0.3 is 0 Å². The monoisotopic (exact) mass is 448 g/mol. The van der Waals surface area contributed by atoms with Gasteiger partial charge in [0, 0.05) is 20.6 Å². The van der Waals surface area contributed by atoms with Crippen molar-refractivity contribution in [2.24, 2.45) is 5.92 Å². The molecule has 156 valence electrons. The first-order chi connectivity index (χ1) is 12.8. The second kappa shape index (κ2) is 8.02. The van der Waals surface area contributed by atoms with Gasteiger partial charge in [-0.1, -0.05) is 25.4 Å². The number of aromatic nitrogens is 2. The highest BCUT2D eigenvalue weighted by atomic mass is 35.5. The van der Waals surface area contributed by atoms with Gasteiger partial charge in [0.05, 0.1) is 27.0 Å². The predicted molar refractivity (Wildman–Crippen MR) is 110 cm³/mol. The number of rotatable bonds is 7. The minimum atomic E-state index is -4.02. The molecule has 0 spiro atoms. The third-order valence-electron chi connectivity index (χ3n) is 4.08. The minimum absolute atomic E-state index is 0.0139. The van der Waals surface area contributed by atoms with Crippen LogP contribution in [0.25, 0.3) is 0 Å². The van der Waals surface area contributed by atoms with Gasteiger partial charge in [-0.15, -0.1) is 0 Å². The van der Waals surface area contributed by atoms with E-state index in [1.165, 1.54) is 32.3 Å². The van der Waals surface area contributed by atoms with Crippen LogP contribution < -0.4 is 4.72 Å². The fourth-order valence-corrected chi connectivity index (χ4v) is 5.38. The molecule has 28 heavy (non-hydrogen) atoms. The van der Waals surface area contributed by atoms with E-state index in [-0.39, 0.29) is 20.5 Å². The number of hydrogen-bond acceptors (Lipinski definition) is 5. The second-order valence-electron chi connectivity index (χ2n) is 7.11. The second-order valence-corrected chi connectivity index (χ2v) is 11.3. The lowest BCUT2D eigenvalue weighted by Gasteiger charge is -2.15. The lowest BCUT2D eigenvalue weighted by Crippen LogP contribution is -2.22. The van der Waals surface area contributed by atoms with Gasteiger partial charge in [-0.05, 0) is 38.0 Å². The number of nitrogens with zero attached hydrogens (tertiary/aromatic N) is 3. The molecule has 0 amide bonds. The predicted octanol–water partition coefficient (Wildman–Crippen LogP) is 2.86. The van der Waals surface area contributed by atoms with Crippen LogP contribution in [-0.2, 0) is 26.6 Å². The van der Waals surface area contributed by atoms with Crippen LogP contribution in [0.2, 0.25) is 5.02 Å². The Morgan fingerprint density at radius 3 is 2.32 bits per heavy atom. The number of sulfonamides is 2. The summed E-state index contributed by atoms with van der Waals surface area (Å²) in [5.41, 5.74) is 0.853. The maximum absolute atomic E-state index is 13.0. The number of aryl methyl sites for hydroxylation is 1. The molecular weight excluding hydrogens is 424 g/mol. The highest BCUT2D eigenvalue weighted by molar-refractivity contribution is 7.92. The molecule has 0 aliphatic heterocycles. The Morgan fingerprint density at radius 2 is 1.79 bits per heavy atom. The topological polar surface area (TPSA) is 101 Å². The van der Waals surface area contributed by atoms with Gasteiger partial charge in [0.1, 0.15) is 4.90 Å². The van der Waals surface area contributed by atoms with Crippen LogP contribution in [0.3, 0.4) is 0 Å². The summed E-state index contributed by atoms with van der Waals surface area (Å²) >= 11 is 6.12. The van der Waals surface area contributed by atoms with Crippen molar-refractivity contribution in [2.75, 3.05) is 18.8 Å². The summed E-state index contributed by atoms with van der Waals surface area (Å²) in [7, 11) is -4.97. The molecule has 1 N–H and O–H groups in total. The minimum Gasteiger partial charge on any atom is -0.278 e. The van der Waals surface area contributed by atoms with Crippen molar-refractivity contribution < 1.29 is 16.8 Å². The van der Waals surface area contributed by atoms with Crippen molar-refractivity contribution in [2.45, 2.75) is 44.0 Å². The number of halogens is 1. The molecule has 8 nitrogen and oxygen atoms in total. The Hall–Kier alpha value is -1.62. The van der Waals surface area contributed by atoms with Crippen molar-refractivity contribution in [3.05, 3.63) is 34.6 Å². The summed E-state index contributed by atoms with van der Waals surface area (Å²) in [4.78, 5) is -0.00590. The molecule has 11 heteroatoms. The third kappa shape index (κ3) is 4.51. The van der Waals surface area contributed by atoms with E-state index in [1.54, 1.807) is 18.5 Å². The molecule has 1 aromatic heterocycles. The summed E-state index contributed by atoms with van der Waals surface area (Å²) in [6.07, 6.45) is 0. The van der Waals surface area contributed by atoms with E-state index >= 15 is 0 Å². The van der Waals surface area contributed by atoms with Gasteiger partial charge in [0.25, 0.3) is 10.0 Å². The van der Waals surface area contributed by atoms with E-state index < -0.39 is 20.0 Å². The van der Waals surface area contributed by atoms with Gasteiger partial charge in [-0.25, -0.2) is 21.1 Å². The number of nitrogens with one attached hydrogen (secondary N) is 1. The first kappa shape index (κ1) is 22.7. The van der Waals surface area contributed by atoms with Gasteiger partial charge in [-0.3, -0.25) is 9.40 Å². The Labute approximate surface area is 171 Å². The molecular formula is C17H25ClN4O4S2. The molecule has 0 fully saturated rings. The van der Waals surface area contributed by atoms with Crippen LogP contribution in [0, 0.1) is 19.8 Å². The number of benzene rings is 1. The molecule has 2 rings (SSSR count). The Kier molecular flexibility index (Phi) is 6.49. The van der Waals surface area contributed by atoms with Crippen LogP contribution in [0.1, 0.15) is 25.2 Å². The molecule has 2 aromatic rings. The van der Waals surface area contributed by atoms with Crippen molar-refractivity contribution in [3.8, 4) is 0 Å². The van der Waals surface area contributed by atoms with E-state index in [4.69, 9.17) is 11.6 Å². The largest absolute Gasteiger partial charge is 0.278 e. The Bertz CT molecular complexity index is 1090. The van der Waals surface area contributed by atoms with E-state index in [2.05, 4.69) is 9.82 Å². The van der Waals surface area contributed by atoms with Crippen LogP contribution in [-0.4, -0.2) is 45.0 Å². The normalized spacial score (nSPS) is 12.8. The summed E-state index contributed by atoms with van der Waals surface area (Å²) in [5.74, 6) is 0.295. The van der Waals surface area contributed by atoms with Crippen LogP contribution in [0.15, 0.2) is 28.0 Å². The molecule has 1 heterocycles. The molecule has 0 bridgehead atoms. The van der Waals surface area contributed by atoms with E-state index in [0.717, 1.165) is 4.31 Å². The fraction of sp³-hybridized carbons (Fsp3) is 0.471. The summed E-state index contributed by atoms with van der Waals surface area (Å²) in [6.45, 7) is 7.91. The summed E-state index contributed by atoms with van der Waals surface area (Å²) < 4.78 is 55.8. The lowest BCUT2D eigenvalue weighted by molar-refractivity contribution is 0.472. The van der Waals surface area contributed by atoms with Crippen molar-refractivity contribution in [3.63, 3.8) is 0 Å². The van der Waals surface area contributed by atoms with Crippen molar-refractivity contribution >= 4 is 37.3 Å². The number of hydrogen-bond donors (Lipinski definition) is 1. The molecule has 0 aliphatic carbocycles. The zero-order valence-electron chi connectivity index (χ0n) is 16.7. The average molecular weight is 449 g/mol. The quantitative estimate of drug-likeness (QED) is 0.701. The fourth-order valence-electron chi connectivity index (χ4n) is 2.74. The molecule has 0 saturated carbocycles. The maximum atomic E-state index is 13.0. The molecule has 0 aliphatic rings. The summed E-state index contributed by atoms with van der Waals surface area (Å²) in [5, 5.41) is 4.41. The number of anilines is 1. The average Bonchev–Trinajstić information content (AvgIpc) is 2.82. The SMILES string of the molecule is Cc1nn(CC(C)C)c(C)c1S(=O)(=O)Nc1cc(S(=O)(=O)N(C)C)ccc1Cl. The van der Waals surface area contributed by atoms with Gasteiger partial charge in [0.15, 0.2) is 0 Å². The van der Waals surface area contributed by atoms with Crippen LogP contribution >= 0.6 is 11.6 Å². The standard InChI is InChI=1S/C17H25ClN4O4S2/c1-11(2)10-22-13(4)17(12(3)19-22)27(23,24)20-16-9-14(7-8-15(16)18)28(25,26)21(5)6/h7-9,11,20H,10H2,1-6H3. The highest BCUT2D eigenvalue weighted by Crippen LogP contribution is 2.30. The van der Waals surface area contributed by atoms with Gasteiger partial charge in [0.2, 0.25) is 10.0 Å². The summed E-state index contributed by atoms with van der Waals surface area (Å²) in [6, 6.07) is 3.88. The molecule has 0 radical (unpaired) electrons. The molecule has 0 saturated heterocycles. The Morgan fingerprint density at radius 1 is 1.18 bits per heavy atom.